The highest BCUT2D eigenvalue weighted by atomic mass is 19.1. The van der Waals surface area contributed by atoms with E-state index < -0.39 is 0 Å². The Kier molecular flexibility index (Phi) is 10.3. The number of benzene rings is 2. The van der Waals surface area contributed by atoms with Crippen LogP contribution in [0.3, 0.4) is 0 Å². The van der Waals surface area contributed by atoms with Crippen LogP contribution < -0.4 is 20.7 Å². The van der Waals surface area contributed by atoms with Crippen LogP contribution in [-0.4, -0.2) is 44.8 Å². The molecule has 0 atom stereocenters. The van der Waals surface area contributed by atoms with Gasteiger partial charge in [0.05, 0.1) is 19.7 Å². The average molecular weight is 431 g/mol. The first-order valence-electron chi connectivity index (χ1n) is 10.4. The largest absolute Gasteiger partial charge is 0.491 e. The average Bonchev–Trinajstić information content (AvgIpc) is 2.76. The van der Waals surface area contributed by atoms with Gasteiger partial charge in [-0.3, -0.25) is 4.79 Å². The van der Waals surface area contributed by atoms with Gasteiger partial charge in [0, 0.05) is 24.4 Å². The SMILES string of the molecule is CCNC(=NCc1ccc(C)cc1OCCOCC)NCC(=O)Nc1ccc(F)cc1. The van der Waals surface area contributed by atoms with Crippen molar-refractivity contribution >= 4 is 17.6 Å². The smallest absolute Gasteiger partial charge is 0.243 e. The van der Waals surface area contributed by atoms with Crippen molar-refractivity contribution in [3.05, 3.63) is 59.4 Å². The Morgan fingerprint density at radius 1 is 1.06 bits per heavy atom. The molecule has 2 aromatic rings. The van der Waals surface area contributed by atoms with Crippen LogP contribution in [0.5, 0.6) is 5.75 Å². The van der Waals surface area contributed by atoms with E-state index in [9.17, 15) is 9.18 Å². The number of carbonyl (C=O) groups excluding carboxylic acids is 1. The van der Waals surface area contributed by atoms with Crippen LogP contribution >= 0.6 is 0 Å². The van der Waals surface area contributed by atoms with Crippen molar-refractivity contribution in [1.29, 1.82) is 0 Å². The van der Waals surface area contributed by atoms with E-state index in [4.69, 9.17) is 9.47 Å². The molecular formula is C23H31FN4O3. The highest BCUT2D eigenvalue weighted by Gasteiger charge is 2.07. The quantitative estimate of drug-likeness (QED) is 0.290. The van der Waals surface area contributed by atoms with Gasteiger partial charge in [-0.25, -0.2) is 9.38 Å². The fraction of sp³-hybridized carbons (Fsp3) is 0.391. The molecule has 0 aromatic heterocycles. The summed E-state index contributed by atoms with van der Waals surface area (Å²) in [5.41, 5.74) is 2.57. The summed E-state index contributed by atoms with van der Waals surface area (Å²) < 4.78 is 24.2. The maximum Gasteiger partial charge on any atom is 0.243 e. The van der Waals surface area contributed by atoms with Crippen molar-refractivity contribution in [2.75, 3.05) is 38.2 Å². The molecule has 0 saturated heterocycles. The summed E-state index contributed by atoms with van der Waals surface area (Å²) >= 11 is 0. The Morgan fingerprint density at radius 2 is 1.84 bits per heavy atom. The van der Waals surface area contributed by atoms with Crippen molar-refractivity contribution < 1.29 is 18.7 Å². The molecule has 0 bridgehead atoms. The van der Waals surface area contributed by atoms with Crippen molar-refractivity contribution in [2.24, 2.45) is 4.99 Å². The van der Waals surface area contributed by atoms with E-state index in [1.54, 1.807) is 0 Å². The number of hydrogen-bond donors (Lipinski definition) is 3. The summed E-state index contributed by atoms with van der Waals surface area (Å²) in [6, 6.07) is 11.6. The monoisotopic (exact) mass is 430 g/mol. The fourth-order valence-electron chi connectivity index (χ4n) is 2.69. The Balaban J connectivity index is 1.95. The summed E-state index contributed by atoms with van der Waals surface area (Å²) in [7, 11) is 0. The predicted octanol–water partition coefficient (Wildman–Crippen LogP) is 3.24. The second kappa shape index (κ2) is 13.2. The van der Waals surface area contributed by atoms with Crippen LogP contribution in [0.2, 0.25) is 0 Å². The number of halogens is 1. The third-order valence-electron chi connectivity index (χ3n) is 4.21. The molecule has 2 aromatic carbocycles. The number of nitrogens with one attached hydrogen (secondary N) is 3. The van der Waals surface area contributed by atoms with Gasteiger partial charge in [-0.15, -0.1) is 0 Å². The van der Waals surface area contributed by atoms with Gasteiger partial charge in [-0.1, -0.05) is 12.1 Å². The third-order valence-corrected chi connectivity index (χ3v) is 4.21. The van der Waals surface area contributed by atoms with E-state index in [0.717, 1.165) is 16.9 Å². The molecule has 31 heavy (non-hydrogen) atoms. The minimum absolute atomic E-state index is 0.0226. The first-order chi connectivity index (χ1) is 15.0. The number of guanidine groups is 1. The minimum Gasteiger partial charge on any atom is -0.491 e. The zero-order valence-corrected chi connectivity index (χ0v) is 18.3. The third kappa shape index (κ3) is 9.04. The zero-order valence-electron chi connectivity index (χ0n) is 18.3. The molecule has 0 spiro atoms. The second-order valence-electron chi connectivity index (χ2n) is 6.76. The lowest BCUT2D eigenvalue weighted by Crippen LogP contribution is -2.41. The topological polar surface area (TPSA) is 84.0 Å². The molecule has 0 aliphatic heterocycles. The van der Waals surface area contributed by atoms with Gasteiger partial charge in [-0.05, 0) is 56.7 Å². The molecule has 3 N–H and O–H groups in total. The highest BCUT2D eigenvalue weighted by Crippen LogP contribution is 2.21. The molecule has 0 heterocycles. The molecule has 168 valence electrons. The number of aliphatic imine (C=N–C) groups is 1. The van der Waals surface area contributed by atoms with Gasteiger partial charge in [0.1, 0.15) is 18.2 Å². The van der Waals surface area contributed by atoms with Gasteiger partial charge in [0.2, 0.25) is 5.91 Å². The first kappa shape index (κ1) is 24.1. The van der Waals surface area contributed by atoms with Crippen molar-refractivity contribution in [3.63, 3.8) is 0 Å². The molecule has 1 amide bonds. The van der Waals surface area contributed by atoms with Gasteiger partial charge < -0.3 is 25.4 Å². The summed E-state index contributed by atoms with van der Waals surface area (Å²) in [6.45, 7) is 8.61. The Bertz CT molecular complexity index is 856. The maximum atomic E-state index is 13.0. The molecule has 0 fully saturated rings. The molecule has 0 saturated carbocycles. The van der Waals surface area contributed by atoms with E-state index in [1.807, 2.05) is 39.0 Å². The Morgan fingerprint density at radius 3 is 2.55 bits per heavy atom. The van der Waals surface area contributed by atoms with Crippen LogP contribution in [0.15, 0.2) is 47.5 Å². The second-order valence-corrected chi connectivity index (χ2v) is 6.76. The number of carbonyl (C=O) groups is 1. The molecule has 2 rings (SSSR count). The van der Waals surface area contributed by atoms with E-state index >= 15 is 0 Å². The summed E-state index contributed by atoms with van der Waals surface area (Å²) in [5.74, 6) is 0.675. The number of ether oxygens (including phenoxy) is 2. The van der Waals surface area contributed by atoms with E-state index in [1.165, 1.54) is 24.3 Å². The molecular weight excluding hydrogens is 399 g/mol. The van der Waals surface area contributed by atoms with Crippen LogP contribution in [0.4, 0.5) is 10.1 Å². The predicted molar refractivity (Wildman–Crippen MR) is 121 cm³/mol. The van der Waals surface area contributed by atoms with Crippen molar-refractivity contribution in [2.45, 2.75) is 27.3 Å². The molecule has 0 aliphatic carbocycles. The van der Waals surface area contributed by atoms with E-state index in [2.05, 4.69) is 20.9 Å². The molecule has 7 nitrogen and oxygen atoms in total. The van der Waals surface area contributed by atoms with Crippen LogP contribution in [0.25, 0.3) is 0 Å². The van der Waals surface area contributed by atoms with E-state index in [-0.39, 0.29) is 18.3 Å². The molecule has 0 aliphatic rings. The van der Waals surface area contributed by atoms with Gasteiger partial charge in [0.15, 0.2) is 5.96 Å². The number of hydrogen-bond acceptors (Lipinski definition) is 4. The molecule has 8 heteroatoms. The van der Waals surface area contributed by atoms with Gasteiger partial charge >= 0.3 is 0 Å². The standard InChI is InChI=1S/C23H31FN4O3/c1-4-25-23(27-16-22(29)28-20-10-8-19(24)9-11-20)26-15-18-7-6-17(3)14-21(18)31-13-12-30-5-2/h6-11,14H,4-5,12-13,15-16H2,1-3H3,(H,28,29)(H2,25,26,27). The molecule has 0 unspecified atom stereocenters. The number of aryl methyl sites for hydroxylation is 1. The lowest BCUT2D eigenvalue weighted by molar-refractivity contribution is -0.115. The highest BCUT2D eigenvalue weighted by molar-refractivity contribution is 5.94. The number of amides is 1. The lowest BCUT2D eigenvalue weighted by atomic mass is 10.1. The van der Waals surface area contributed by atoms with Crippen molar-refractivity contribution in [1.82, 2.24) is 10.6 Å². The Hall–Kier alpha value is -3.13. The van der Waals surface area contributed by atoms with Gasteiger partial charge in [-0.2, -0.15) is 0 Å². The lowest BCUT2D eigenvalue weighted by Gasteiger charge is -2.14. The van der Waals surface area contributed by atoms with Crippen molar-refractivity contribution in [3.8, 4) is 5.75 Å². The molecule has 0 radical (unpaired) electrons. The van der Waals surface area contributed by atoms with E-state index in [0.29, 0.717) is 44.6 Å². The van der Waals surface area contributed by atoms with Crippen LogP contribution in [0.1, 0.15) is 25.0 Å². The number of nitrogens with zero attached hydrogens (tertiary/aromatic N) is 1. The van der Waals surface area contributed by atoms with Gasteiger partial charge in [0.25, 0.3) is 0 Å². The minimum atomic E-state index is -0.352. The first-order valence-corrected chi connectivity index (χ1v) is 10.4. The summed E-state index contributed by atoms with van der Waals surface area (Å²) in [4.78, 5) is 16.7. The number of rotatable bonds is 11. The maximum absolute atomic E-state index is 13.0. The summed E-state index contributed by atoms with van der Waals surface area (Å²) in [6.07, 6.45) is 0. The van der Waals surface area contributed by atoms with Crippen LogP contribution in [0, 0.1) is 12.7 Å². The Labute approximate surface area is 183 Å². The summed E-state index contributed by atoms with van der Waals surface area (Å²) in [5, 5.41) is 8.83. The fourth-order valence-corrected chi connectivity index (χ4v) is 2.69. The zero-order chi connectivity index (χ0) is 22.5. The normalized spacial score (nSPS) is 11.2. The van der Waals surface area contributed by atoms with Crippen LogP contribution in [-0.2, 0) is 16.1 Å². The number of anilines is 1.